The van der Waals surface area contributed by atoms with Crippen LogP contribution in [0.15, 0.2) is 30.6 Å². The van der Waals surface area contributed by atoms with Crippen molar-refractivity contribution in [1.82, 2.24) is 19.8 Å². The van der Waals surface area contributed by atoms with Crippen molar-refractivity contribution in [2.45, 2.75) is 84.1 Å². The Kier molecular flexibility index (Phi) is 7.48. The van der Waals surface area contributed by atoms with Crippen LogP contribution in [0.3, 0.4) is 0 Å². The molecule has 0 N–H and O–H groups in total. The van der Waals surface area contributed by atoms with Crippen LogP contribution in [0.5, 0.6) is 0 Å². The van der Waals surface area contributed by atoms with E-state index in [1.807, 2.05) is 11.8 Å². The number of rotatable bonds is 5. The van der Waals surface area contributed by atoms with Gasteiger partial charge < -0.3 is 4.90 Å². The van der Waals surface area contributed by atoms with Gasteiger partial charge in [0.15, 0.2) is 0 Å². The van der Waals surface area contributed by atoms with Crippen LogP contribution in [0.1, 0.15) is 85.7 Å². The molecular weight excluding hydrogens is 408 g/mol. The fraction of sp³-hybridized carbons (Fsp3) is 0.607. The Morgan fingerprint density at radius 3 is 2.36 bits per heavy atom. The van der Waals surface area contributed by atoms with Crippen molar-refractivity contribution in [3.63, 3.8) is 0 Å². The predicted octanol–water partition coefficient (Wildman–Crippen LogP) is 4.96. The zero-order chi connectivity index (χ0) is 23.4. The van der Waals surface area contributed by atoms with E-state index in [4.69, 9.17) is 0 Å². The monoisotopic (exact) mass is 448 g/mol. The summed E-state index contributed by atoms with van der Waals surface area (Å²) in [7, 11) is 0. The molecule has 1 aromatic carbocycles. The maximum atomic E-state index is 13.4. The van der Waals surface area contributed by atoms with Gasteiger partial charge in [0.05, 0.1) is 0 Å². The molecule has 178 valence electrons. The zero-order valence-corrected chi connectivity index (χ0v) is 20.9. The number of hydrogen-bond acceptors (Lipinski definition) is 4. The van der Waals surface area contributed by atoms with Crippen LogP contribution in [-0.4, -0.2) is 57.9 Å². The van der Waals surface area contributed by atoms with E-state index in [1.54, 1.807) is 6.33 Å². The summed E-state index contributed by atoms with van der Waals surface area (Å²) in [6, 6.07) is 9.62. The molecule has 2 aromatic rings. The van der Waals surface area contributed by atoms with E-state index < -0.39 is 0 Å². The van der Waals surface area contributed by atoms with Gasteiger partial charge in [0.2, 0.25) is 0 Å². The number of hydrogen-bond donors (Lipinski definition) is 0. The molecule has 0 unspecified atom stereocenters. The minimum Gasteiger partial charge on any atom is -0.336 e. The fourth-order valence-corrected chi connectivity index (χ4v) is 5.31. The zero-order valence-electron chi connectivity index (χ0n) is 20.9. The fourth-order valence-electron chi connectivity index (χ4n) is 5.31. The SMILES string of the molecule is Cc1c(CCc2ccc(C(C)(C)C)cc2)ncnc1C(=O)N1CCCN(C2CCCC2)CC1. The predicted molar refractivity (Wildman–Crippen MR) is 134 cm³/mol. The maximum absolute atomic E-state index is 13.4. The normalized spacial score (nSPS) is 18.5. The van der Waals surface area contributed by atoms with Crippen molar-refractivity contribution in [3.8, 4) is 0 Å². The molecule has 0 radical (unpaired) electrons. The molecule has 1 amide bonds. The van der Waals surface area contributed by atoms with E-state index in [0.717, 1.165) is 62.7 Å². The summed E-state index contributed by atoms with van der Waals surface area (Å²) < 4.78 is 0. The van der Waals surface area contributed by atoms with Crippen LogP contribution >= 0.6 is 0 Å². The number of nitrogens with zero attached hydrogens (tertiary/aromatic N) is 4. The lowest BCUT2D eigenvalue weighted by Gasteiger charge is -2.27. The molecular formula is C28H40N4O. The number of benzene rings is 1. The van der Waals surface area contributed by atoms with Gasteiger partial charge in [-0.05, 0) is 55.6 Å². The lowest BCUT2D eigenvalue weighted by molar-refractivity contribution is 0.0751. The molecule has 2 heterocycles. The minimum absolute atomic E-state index is 0.0685. The van der Waals surface area contributed by atoms with Gasteiger partial charge in [-0.25, -0.2) is 9.97 Å². The molecule has 33 heavy (non-hydrogen) atoms. The highest BCUT2D eigenvalue weighted by Gasteiger charge is 2.27. The van der Waals surface area contributed by atoms with E-state index >= 15 is 0 Å². The van der Waals surface area contributed by atoms with Crippen molar-refractivity contribution in [1.29, 1.82) is 0 Å². The van der Waals surface area contributed by atoms with Crippen LogP contribution in [0, 0.1) is 6.92 Å². The van der Waals surface area contributed by atoms with Gasteiger partial charge in [-0.2, -0.15) is 0 Å². The first-order valence-corrected chi connectivity index (χ1v) is 12.8. The third-order valence-electron chi connectivity index (χ3n) is 7.52. The standard InChI is InChI=1S/C28H40N4O/c1-21-25(15-12-22-10-13-23(14-11-22)28(2,3)4)29-20-30-26(21)27(33)32-17-7-16-31(18-19-32)24-8-5-6-9-24/h10-11,13-14,20,24H,5-9,12,15-19H2,1-4H3. The molecule has 0 spiro atoms. The molecule has 2 aliphatic rings. The van der Waals surface area contributed by atoms with Gasteiger partial charge in [0.1, 0.15) is 12.0 Å². The summed E-state index contributed by atoms with van der Waals surface area (Å²) in [6.07, 6.45) is 9.70. The molecule has 0 bridgehead atoms. The first kappa shape index (κ1) is 23.9. The molecule has 1 saturated heterocycles. The molecule has 1 aromatic heterocycles. The van der Waals surface area contributed by atoms with Crippen LogP contribution in [0.25, 0.3) is 0 Å². The molecule has 2 fully saturated rings. The van der Waals surface area contributed by atoms with E-state index in [-0.39, 0.29) is 11.3 Å². The second-order valence-corrected chi connectivity index (χ2v) is 10.9. The Hall–Kier alpha value is -2.27. The van der Waals surface area contributed by atoms with Crippen LogP contribution in [0.4, 0.5) is 0 Å². The Balaban J connectivity index is 1.39. The van der Waals surface area contributed by atoms with E-state index in [1.165, 1.54) is 36.8 Å². The van der Waals surface area contributed by atoms with Gasteiger partial charge in [-0.15, -0.1) is 0 Å². The van der Waals surface area contributed by atoms with Gasteiger partial charge in [0, 0.05) is 43.5 Å². The van der Waals surface area contributed by atoms with Crippen LogP contribution in [-0.2, 0) is 18.3 Å². The Bertz CT molecular complexity index is 941. The maximum Gasteiger partial charge on any atom is 0.272 e. The molecule has 4 rings (SSSR count). The molecule has 1 saturated carbocycles. The summed E-state index contributed by atoms with van der Waals surface area (Å²) >= 11 is 0. The lowest BCUT2D eigenvalue weighted by Crippen LogP contribution is -2.39. The third kappa shape index (κ3) is 5.81. The summed E-state index contributed by atoms with van der Waals surface area (Å²) in [5.74, 6) is 0.0685. The average Bonchev–Trinajstić information content (AvgIpc) is 3.22. The first-order valence-electron chi connectivity index (χ1n) is 12.8. The van der Waals surface area contributed by atoms with E-state index in [0.29, 0.717) is 5.69 Å². The first-order chi connectivity index (χ1) is 15.8. The number of carbonyl (C=O) groups is 1. The highest BCUT2D eigenvalue weighted by molar-refractivity contribution is 5.93. The molecule has 5 nitrogen and oxygen atoms in total. The van der Waals surface area contributed by atoms with Crippen molar-refractivity contribution >= 4 is 5.91 Å². The van der Waals surface area contributed by atoms with Gasteiger partial charge in [0.25, 0.3) is 5.91 Å². The third-order valence-corrected chi connectivity index (χ3v) is 7.52. The smallest absolute Gasteiger partial charge is 0.272 e. The van der Waals surface area contributed by atoms with Crippen molar-refractivity contribution in [2.75, 3.05) is 26.2 Å². The van der Waals surface area contributed by atoms with Crippen molar-refractivity contribution < 1.29 is 4.79 Å². The van der Waals surface area contributed by atoms with E-state index in [2.05, 4.69) is 59.9 Å². The van der Waals surface area contributed by atoms with E-state index in [9.17, 15) is 4.79 Å². The Morgan fingerprint density at radius 1 is 0.939 bits per heavy atom. The highest BCUT2D eigenvalue weighted by Crippen LogP contribution is 2.25. The Morgan fingerprint density at radius 2 is 1.67 bits per heavy atom. The molecule has 1 aliphatic carbocycles. The number of amides is 1. The van der Waals surface area contributed by atoms with Gasteiger partial charge in [-0.3, -0.25) is 9.69 Å². The minimum atomic E-state index is 0.0685. The van der Waals surface area contributed by atoms with Crippen LogP contribution < -0.4 is 0 Å². The number of carbonyl (C=O) groups excluding carboxylic acids is 1. The van der Waals surface area contributed by atoms with Crippen molar-refractivity contribution in [2.24, 2.45) is 0 Å². The summed E-state index contributed by atoms with van der Waals surface area (Å²) in [5.41, 5.74) is 5.31. The Labute approximate surface area is 199 Å². The lowest BCUT2D eigenvalue weighted by atomic mass is 9.86. The molecule has 1 aliphatic heterocycles. The summed E-state index contributed by atoms with van der Waals surface area (Å²) in [6.45, 7) is 12.4. The van der Waals surface area contributed by atoms with Gasteiger partial charge >= 0.3 is 0 Å². The second-order valence-electron chi connectivity index (χ2n) is 10.9. The molecule has 5 heteroatoms. The second kappa shape index (κ2) is 10.3. The van der Waals surface area contributed by atoms with Crippen molar-refractivity contribution in [3.05, 3.63) is 58.7 Å². The molecule has 0 atom stereocenters. The topological polar surface area (TPSA) is 49.3 Å². The van der Waals surface area contributed by atoms with Crippen LogP contribution in [0.2, 0.25) is 0 Å². The summed E-state index contributed by atoms with van der Waals surface area (Å²) in [5, 5.41) is 0. The highest BCUT2D eigenvalue weighted by atomic mass is 16.2. The number of aryl methyl sites for hydroxylation is 2. The van der Waals surface area contributed by atoms with Gasteiger partial charge in [-0.1, -0.05) is 57.9 Å². The average molecular weight is 449 g/mol. The largest absolute Gasteiger partial charge is 0.336 e. The quantitative estimate of drug-likeness (QED) is 0.649. The summed E-state index contributed by atoms with van der Waals surface area (Å²) in [4.78, 5) is 27.0. The number of aromatic nitrogens is 2.